The van der Waals surface area contributed by atoms with E-state index in [0.29, 0.717) is 13.2 Å². The minimum absolute atomic E-state index is 0.106. The molecule has 1 heterocycles. The number of aliphatic hydroxyl groups is 2. The molecule has 1 aliphatic heterocycles. The Kier molecular flexibility index (Phi) is 8.18. The van der Waals surface area contributed by atoms with Gasteiger partial charge in [0.1, 0.15) is 24.4 Å². The summed E-state index contributed by atoms with van der Waals surface area (Å²) < 4.78 is 23.8. The summed E-state index contributed by atoms with van der Waals surface area (Å²) >= 11 is 0. The Morgan fingerprint density at radius 3 is 1.83 bits per heavy atom. The highest BCUT2D eigenvalue weighted by atomic mass is 16.7. The van der Waals surface area contributed by atoms with Crippen molar-refractivity contribution in [1.82, 2.24) is 0 Å². The fraction of sp³-hybridized carbons (Fsp3) is 0.478. The van der Waals surface area contributed by atoms with Crippen molar-refractivity contribution in [3.05, 3.63) is 71.8 Å². The molecule has 0 radical (unpaired) electrons. The summed E-state index contributed by atoms with van der Waals surface area (Å²) in [5, 5.41) is 20.4. The fourth-order valence-electron chi connectivity index (χ4n) is 3.42. The van der Waals surface area contributed by atoms with Gasteiger partial charge < -0.3 is 29.2 Å². The van der Waals surface area contributed by atoms with Crippen molar-refractivity contribution < 1.29 is 29.2 Å². The smallest absolute Gasteiger partial charge is 0.184 e. The predicted molar refractivity (Wildman–Crippen MR) is 108 cm³/mol. The molecular formula is C23H30O6. The van der Waals surface area contributed by atoms with Crippen LogP contribution in [0.2, 0.25) is 0 Å². The summed E-state index contributed by atoms with van der Waals surface area (Å²) in [6.45, 7) is 4.17. The second kappa shape index (κ2) is 10.8. The van der Waals surface area contributed by atoms with Crippen LogP contribution >= 0.6 is 0 Å². The van der Waals surface area contributed by atoms with Gasteiger partial charge in [-0.25, -0.2) is 0 Å². The van der Waals surface area contributed by atoms with Crippen molar-refractivity contribution in [2.75, 3.05) is 6.61 Å². The van der Waals surface area contributed by atoms with Gasteiger partial charge in [-0.15, -0.1) is 0 Å². The molecule has 1 fully saturated rings. The lowest BCUT2D eigenvalue weighted by Crippen LogP contribution is -2.61. The van der Waals surface area contributed by atoms with Crippen molar-refractivity contribution >= 4 is 0 Å². The van der Waals surface area contributed by atoms with Gasteiger partial charge in [0.2, 0.25) is 0 Å². The zero-order valence-electron chi connectivity index (χ0n) is 16.9. The first-order chi connectivity index (χ1) is 14.1. The maximum absolute atomic E-state index is 10.6. The molecule has 29 heavy (non-hydrogen) atoms. The highest BCUT2D eigenvalue weighted by Crippen LogP contribution is 2.29. The monoisotopic (exact) mass is 402 g/mol. The van der Waals surface area contributed by atoms with Crippen LogP contribution in [-0.2, 0) is 32.2 Å². The Bertz CT molecular complexity index is 708. The van der Waals surface area contributed by atoms with Gasteiger partial charge in [-0.05, 0) is 25.0 Å². The lowest BCUT2D eigenvalue weighted by Gasteiger charge is -2.44. The van der Waals surface area contributed by atoms with Crippen LogP contribution in [0.15, 0.2) is 60.7 Å². The maximum atomic E-state index is 10.6. The molecule has 2 aromatic rings. The molecule has 0 spiro atoms. The summed E-state index contributed by atoms with van der Waals surface area (Å²) in [4.78, 5) is 0. The number of benzene rings is 2. The van der Waals surface area contributed by atoms with Crippen LogP contribution in [0.25, 0.3) is 0 Å². The Hall–Kier alpha value is -1.80. The van der Waals surface area contributed by atoms with Crippen LogP contribution in [0.4, 0.5) is 0 Å². The summed E-state index contributed by atoms with van der Waals surface area (Å²) in [5.41, 5.74) is 1.98. The molecule has 6 nitrogen and oxygen atoms in total. The molecule has 0 amide bonds. The third kappa shape index (κ3) is 6.09. The summed E-state index contributed by atoms with van der Waals surface area (Å²) in [6, 6.07) is 19.5. The first-order valence-corrected chi connectivity index (χ1v) is 9.99. The quantitative estimate of drug-likeness (QED) is 0.672. The normalized spacial score (nSPS) is 27.3. The number of aliphatic hydroxyl groups excluding tert-OH is 2. The van der Waals surface area contributed by atoms with E-state index in [1.165, 1.54) is 0 Å². The van der Waals surface area contributed by atoms with Crippen molar-refractivity contribution in [1.29, 1.82) is 0 Å². The molecule has 0 aromatic heterocycles. The molecule has 1 aliphatic rings. The Balaban J connectivity index is 1.78. The van der Waals surface area contributed by atoms with Crippen molar-refractivity contribution in [2.45, 2.75) is 63.9 Å². The van der Waals surface area contributed by atoms with Gasteiger partial charge in [0, 0.05) is 0 Å². The summed E-state index contributed by atoms with van der Waals surface area (Å²) in [6.07, 6.45) is -3.99. The van der Waals surface area contributed by atoms with Crippen molar-refractivity contribution in [2.24, 2.45) is 0 Å². The highest BCUT2D eigenvalue weighted by Gasteiger charge is 2.47. The van der Waals surface area contributed by atoms with Gasteiger partial charge in [0.05, 0.1) is 25.9 Å². The van der Waals surface area contributed by atoms with Crippen LogP contribution in [0, 0.1) is 0 Å². The Labute approximate surface area is 172 Å². The lowest BCUT2D eigenvalue weighted by molar-refractivity contribution is -0.317. The van der Waals surface area contributed by atoms with E-state index in [1.807, 2.05) is 74.5 Å². The number of hydrogen-bond acceptors (Lipinski definition) is 6. The minimum atomic E-state index is -1.23. The molecule has 3 rings (SSSR count). The van der Waals surface area contributed by atoms with Gasteiger partial charge in [-0.3, -0.25) is 0 Å². The first kappa shape index (κ1) is 21.9. The molecule has 0 saturated carbocycles. The SMILES string of the molecule is CC(C)O[C@H]1[C@H](OCc2ccccc2)[C@@H](OCc2ccccc2)C(O)O[C@@H]1CO. The van der Waals surface area contributed by atoms with E-state index >= 15 is 0 Å². The van der Waals surface area contributed by atoms with Crippen molar-refractivity contribution in [3.63, 3.8) is 0 Å². The number of hydrogen-bond donors (Lipinski definition) is 2. The first-order valence-electron chi connectivity index (χ1n) is 9.99. The van der Waals surface area contributed by atoms with E-state index in [-0.39, 0.29) is 12.7 Å². The van der Waals surface area contributed by atoms with Gasteiger partial charge in [0.25, 0.3) is 0 Å². The van der Waals surface area contributed by atoms with E-state index in [0.717, 1.165) is 11.1 Å². The Morgan fingerprint density at radius 1 is 0.828 bits per heavy atom. The van der Waals surface area contributed by atoms with Crippen LogP contribution in [0.1, 0.15) is 25.0 Å². The molecule has 6 heteroatoms. The molecule has 2 N–H and O–H groups in total. The van der Waals surface area contributed by atoms with Crippen LogP contribution in [0.5, 0.6) is 0 Å². The Morgan fingerprint density at radius 2 is 1.34 bits per heavy atom. The molecule has 1 unspecified atom stereocenters. The molecule has 0 bridgehead atoms. The molecular weight excluding hydrogens is 372 g/mol. The molecule has 5 atom stereocenters. The van der Waals surface area contributed by atoms with E-state index in [1.54, 1.807) is 0 Å². The van der Waals surface area contributed by atoms with Gasteiger partial charge >= 0.3 is 0 Å². The van der Waals surface area contributed by atoms with E-state index in [9.17, 15) is 10.2 Å². The van der Waals surface area contributed by atoms with Crippen LogP contribution in [0.3, 0.4) is 0 Å². The summed E-state index contributed by atoms with van der Waals surface area (Å²) in [5.74, 6) is 0. The predicted octanol–water partition coefficient (Wildman–Crippen LogP) is 2.66. The van der Waals surface area contributed by atoms with Crippen molar-refractivity contribution in [3.8, 4) is 0 Å². The fourth-order valence-corrected chi connectivity index (χ4v) is 3.42. The highest BCUT2D eigenvalue weighted by molar-refractivity contribution is 5.14. The third-order valence-corrected chi connectivity index (χ3v) is 4.79. The minimum Gasteiger partial charge on any atom is -0.394 e. The largest absolute Gasteiger partial charge is 0.394 e. The van der Waals surface area contributed by atoms with Crippen LogP contribution < -0.4 is 0 Å². The maximum Gasteiger partial charge on any atom is 0.184 e. The van der Waals surface area contributed by atoms with Gasteiger partial charge in [0.15, 0.2) is 6.29 Å². The zero-order valence-corrected chi connectivity index (χ0v) is 16.9. The standard InChI is InChI=1S/C23H30O6/c1-16(2)28-20-19(13-24)29-23(25)22(27-15-18-11-7-4-8-12-18)21(20)26-14-17-9-5-3-6-10-17/h3-12,16,19-25H,13-15H2,1-2H3/t19-,20-,21+,22-,23?/m1/s1. The van der Waals surface area contributed by atoms with Gasteiger partial charge in [-0.1, -0.05) is 60.7 Å². The zero-order chi connectivity index (χ0) is 20.6. The van der Waals surface area contributed by atoms with E-state index in [4.69, 9.17) is 18.9 Å². The second-order valence-corrected chi connectivity index (χ2v) is 7.42. The number of rotatable bonds is 9. The van der Waals surface area contributed by atoms with E-state index in [2.05, 4.69) is 0 Å². The average molecular weight is 402 g/mol. The van der Waals surface area contributed by atoms with Crippen LogP contribution in [-0.4, -0.2) is 53.6 Å². The average Bonchev–Trinajstić information content (AvgIpc) is 2.73. The second-order valence-electron chi connectivity index (χ2n) is 7.42. The third-order valence-electron chi connectivity index (χ3n) is 4.79. The molecule has 2 aromatic carbocycles. The number of ether oxygens (including phenoxy) is 4. The summed E-state index contributed by atoms with van der Waals surface area (Å²) in [7, 11) is 0. The van der Waals surface area contributed by atoms with E-state index < -0.39 is 30.7 Å². The molecule has 158 valence electrons. The lowest BCUT2D eigenvalue weighted by atomic mass is 9.98. The molecule has 0 aliphatic carbocycles. The molecule has 1 saturated heterocycles. The van der Waals surface area contributed by atoms with Gasteiger partial charge in [-0.2, -0.15) is 0 Å². The topological polar surface area (TPSA) is 77.4 Å².